The van der Waals surface area contributed by atoms with Crippen molar-refractivity contribution in [1.29, 1.82) is 0 Å². The lowest BCUT2D eigenvalue weighted by Crippen LogP contribution is -1.77. The minimum atomic E-state index is -1.05. The molecule has 0 heteroatoms. The first-order chi connectivity index (χ1) is 7.45. The van der Waals surface area contributed by atoms with Gasteiger partial charge in [0.05, 0.1) is 0 Å². The minimum absolute atomic E-state index is 0.214. The zero-order valence-electron chi connectivity index (χ0n) is 12.7. The van der Waals surface area contributed by atoms with Crippen LogP contribution in [0.5, 0.6) is 0 Å². The van der Waals surface area contributed by atoms with Gasteiger partial charge in [0, 0.05) is 8.22 Å². The summed E-state index contributed by atoms with van der Waals surface area (Å²) in [4.78, 5) is 0. The van der Waals surface area contributed by atoms with Crippen molar-refractivity contribution in [3.63, 3.8) is 0 Å². The summed E-state index contributed by atoms with van der Waals surface area (Å²) < 4.78 is 45.1. The highest BCUT2D eigenvalue weighted by atomic mass is 13.9. The molecule has 0 aliphatic heterocycles. The van der Waals surface area contributed by atoms with Crippen molar-refractivity contribution in [3.8, 4) is 0 Å². The molecule has 10 heavy (non-hydrogen) atoms. The Kier molecular flexibility index (Phi) is 3.24. The molecule has 0 aromatic carbocycles. The molecule has 0 aromatic heterocycles. The Hall–Kier alpha value is 0. The summed E-state index contributed by atoms with van der Waals surface area (Å²) in [6, 6.07) is 0. The van der Waals surface area contributed by atoms with E-state index in [-0.39, 0.29) is 6.90 Å². The van der Waals surface area contributed by atoms with Crippen molar-refractivity contribution in [3.05, 3.63) is 0 Å². The quantitative estimate of drug-likeness (QED) is 0.509. The van der Waals surface area contributed by atoms with Gasteiger partial charge in [-0.2, -0.15) is 0 Å². The molecule has 0 saturated heterocycles. The third-order valence-electron chi connectivity index (χ3n) is 1.22. The van der Waals surface area contributed by atoms with Gasteiger partial charge in [-0.3, -0.25) is 0 Å². The SMILES string of the molecule is [2H]CC([2H])C([2H])C([2H])C([2H])C([2H])CCCC. The fourth-order valence-corrected chi connectivity index (χ4v) is 0.639. The first-order valence-electron chi connectivity index (χ1n) is 7.45. The minimum Gasteiger partial charge on any atom is -0.0654 e. The summed E-state index contributed by atoms with van der Waals surface area (Å²) in [5.41, 5.74) is 0. The Morgan fingerprint density at radius 2 is 1.90 bits per heavy atom. The summed E-state index contributed by atoms with van der Waals surface area (Å²) in [7, 11) is 0. The van der Waals surface area contributed by atoms with Crippen molar-refractivity contribution in [1.82, 2.24) is 0 Å². The van der Waals surface area contributed by atoms with Crippen LogP contribution >= 0.6 is 0 Å². The van der Waals surface area contributed by atoms with E-state index in [2.05, 4.69) is 0 Å². The molecule has 0 radical (unpaired) electrons. The van der Waals surface area contributed by atoms with Gasteiger partial charge in [0.2, 0.25) is 0 Å². The highest BCUT2D eigenvalue weighted by Crippen LogP contribution is 2.07. The molecule has 0 nitrogen and oxygen atoms in total. The van der Waals surface area contributed by atoms with Crippen molar-refractivity contribution < 1.29 is 8.22 Å². The Morgan fingerprint density at radius 1 is 1.10 bits per heavy atom. The molecule has 0 aromatic rings. The van der Waals surface area contributed by atoms with Crippen LogP contribution in [-0.4, -0.2) is 0 Å². The van der Waals surface area contributed by atoms with Gasteiger partial charge in [0.1, 0.15) is 0 Å². The molecule has 5 unspecified atom stereocenters. The molecule has 0 rings (SSSR count). The van der Waals surface area contributed by atoms with Gasteiger partial charge in [0.25, 0.3) is 0 Å². The van der Waals surface area contributed by atoms with Gasteiger partial charge < -0.3 is 0 Å². The monoisotopic (exact) mass is 148 g/mol. The molecule has 5 atom stereocenters. The molecule has 0 bridgehead atoms. The van der Waals surface area contributed by atoms with E-state index < -0.39 is 32.0 Å². The summed E-state index contributed by atoms with van der Waals surface area (Å²) in [5, 5.41) is 0. The number of unbranched alkanes of at least 4 members (excludes halogenated alkanes) is 1. The second kappa shape index (κ2) is 9.00. The highest BCUT2D eigenvalue weighted by molar-refractivity contribution is 4.43. The topological polar surface area (TPSA) is 0 Å². The fourth-order valence-electron chi connectivity index (χ4n) is 0.639. The third kappa shape index (κ3) is 8.00. The molecule has 0 spiro atoms. The Labute approximate surface area is 74.5 Å². The van der Waals surface area contributed by atoms with Crippen LogP contribution in [0.15, 0.2) is 0 Å². The maximum Gasteiger partial charge on any atom is 0.0267 e. The standard InChI is InChI=1S/C10H22/c1-3-5-7-9-10-8-6-4-2/h3-10H2,1-2H3/i1D,3D,5D,7D,9D,10D. The van der Waals surface area contributed by atoms with Crippen LogP contribution < -0.4 is 0 Å². The molecule has 62 valence electrons. The number of hydrogen-bond acceptors (Lipinski definition) is 0. The fraction of sp³-hybridized carbons (Fsp3) is 1.00. The van der Waals surface area contributed by atoms with E-state index in [1.165, 1.54) is 0 Å². The van der Waals surface area contributed by atoms with Crippen molar-refractivity contribution in [2.45, 2.75) is 65.1 Å². The van der Waals surface area contributed by atoms with E-state index in [9.17, 15) is 0 Å². The first kappa shape index (κ1) is 3.60. The van der Waals surface area contributed by atoms with Crippen molar-refractivity contribution in [2.75, 3.05) is 0 Å². The van der Waals surface area contributed by atoms with Crippen LogP contribution in [0.25, 0.3) is 0 Å². The van der Waals surface area contributed by atoms with E-state index in [0.717, 1.165) is 12.8 Å². The third-order valence-corrected chi connectivity index (χ3v) is 1.22. The lowest BCUT2D eigenvalue weighted by molar-refractivity contribution is 0.585. The first-order valence-corrected chi connectivity index (χ1v) is 3.86. The summed E-state index contributed by atoms with van der Waals surface area (Å²) >= 11 is 0. The van der Waals surface area contributed by atoms with Crippen LogP contribution in [0.1, 0.15) is 73.3 Å². The average Bonchev–Trinajstić information content (AvgIpc) is 2.31. The zero-order chi connectivity index (χ0) is 12.7. The second-order valence-corrected chi connectivity index (χ2v) is 2.19. The normalized spacial score (nSPS) is 34.5. The van der Waals surface area contributed by atoms with E-state index in [1.54, 1.807) is 0 Å². The van der Waals surface area contributed by atoms with Gasteiger partial charge in [-0.1, -0.05) is 65.1 Å². The van der Waals surface area contributed by atoms with Gasteiger partial charge in [-0.25, -0.2) is 0 Å². The summed E-state index contributed by atoms with van der Waals surface area (Å²) in [6.07, 6.45) is -2.21. The molecule has 0 saturated carbocycles. The van der Waals surface area contributed by atoms with E-state index >= 15 is 0 Å². The molecular weight excluding hydrogens is 120 g/mol. The predicted molar refractivity (Wildman–Crippen MR) is 48.3 cm³/mol. The second-order valence-electron chi connectivity index (χ2n) is 2.19. The van der Waals surface area contributed by atoms with Gasteiger partial charge >= 0.3 is 0 Å². The summed E-state index contributed by atoms with van der Waals surface area (Å²) in [6.45, 7) is 1.80. The molecule has 0 amide bonds. The molecule has 0 fully saturated rings. The maximum absolute atomic E-state index is 7.72. The Bertz CT molecular complexity index is 177. The summed E-state index contributed by atoms with van der Waals surface area (Å²) in [5.74, 6) is 0. The van der Waals surface area contributed by atoms with Gasteiger partial charge in [-0.05, 0) is 0 Å². The van der Waals surface area contributed by atoms with Crippen molar-refractivity contribution >= 4 is 0 Å². The predicted octanol–water partition coefficient (Wildman–Crippen LogP) is 4.15. The molecular formula is C10H22. The highest BCUT2D eigenvalue weighted by Gasteiger charge is 1.87. The average molecular weight is 148 g/mol. The van der Waals surface area contributed by atoms with Crippen LogP contribution in [0, 0.1) is 0 Å². The molecule has 0 heterocycles. The van der Waals surface area contributed by atoms with E-state index in [1.807, 2.05) is 6.92 Å². The molecule has 0 aliphatic carbocycles. The van der Waals surface area contributed by atoms with E-state index in [0.29, 0.717) is 6.42 Å². The van der Waals surface area contributed by atoms with Crippen LogP contribution in [-0.2, 0) is 0 Å². The van der Waals surface area contributed by atoms with Gasteiger partial charge in [0.15, 0.2) is 0 Å². The molecule has 0 N–H and O–H groups in total. The number of hydrogen-bond donors (Lipinski definition) is 0. The maximum atomic E-state index is 7.72. The largest absolute Gasteiger partial charge is 0.0654 e. The Morgan fingerprint density at radius 3 is 2.60 bits per heavy atom. The van der Waals surface area contributed by atoms with Crippen LogP contribution in [0.3, 0.4) is 0 Å². The lowest BCUT2D eigenvalue weighted by Gasteiger charge is -1.97. The van der Waals surface area contributed by atoms with Gasteiger partial charge in [-0.15, -0.1) is 0 Å². The van der Waals surface area contributed by atoms with Crippen LogP contribution in [0.2, 0.25) is 0 Å². The Balaban J connectivity index is 4.19. The van der Waals surface area contributed by atoms with Crippen LogP contribution in [0.4, 0.5) is 0 Å². The number of rotatable bonds is 7. The smallest absolute Gasteiger partial charge is 0.0267 e. The van der Waals surface area contributed by atoms with E-state index in [4.69, 9.17) is 8.22 Å². The zero-order valence-corrected chi connectivity index (χ0v) is 6.72. The molecule has 0 aliphatic rings. The van der Waals surface area contributed by atoms with Crippen molar-refractivity contribution in [2.24, 2.45) is 0 Å². The lowest BCUT2D eigenvalue weighted by atomic mass is 10.1.